The highest BCUT2D eigenvalue weighted by atomic mass is 79.9. The molecule has 0 bridgehead atoms. The molecule has 0 radical (unpaired) electrons. The standard InChI is InChI=1S/C11H5Br4FS/c12-7-3-1-2-5(10(7)16)9(14)6-4-8(13)17-11(6)15/h1-4,9H. The largest absolute Gasteiger partial charge is 0.205 e. The molecule has 0 aliphatic carbocycles. The van der Waals surface area contributed by atoms with Gasteiger partial charge in [-0.3, -0.25) is 0 Å². The molecule has 1 aromatic carbocycles. The van der Waals surface area contributed by atoms with Crippen LogP contribution >= 0.6 is 75.1 Å². The minimum atomic E-state index is -0.233. The molecular formula is C11H5Br4FS. The summed E-state index contributed by atoms with van der Waals surface area (Å²) < 4.78 is 16.5. The van der Waals surface area contributed by atoms with Crippen molar-refractivity contribution in [2.75, 3.05) is 0 Å². The summed E-state index contributed by atoms with van der Waals surface area (Å²) in [5, 5.41) is 0. The first-order valence-corrected chi connectivity index (χ1v) is 8.64. The van der Waals surface area contributed by atoms with Gasteiger partial charge in [-0.2, -0.15) is 0 Å². The Morgan fingerprint density at radius 2 is 1.82 bits per heavy atom. The second-order valence-corrected chi connectivity index (χ2v) is 8.80. The minimum absolute atomic E-state index is 0.170. The van der Waals surface area contributed by atoms with Gasteiger partial charge in [0.2, 0.25) is 0 Å². The number of rotatable bonds is 2. The van der Waals surface area contributed by atoms with Crippen molar-refractivity contribution in [3.8, 4) is 0 Å². The first-order valence-electron chi connectivity index (χ1n) is 4.53. The number of hydrogen-bond acceptors (Lipinski definition) is 1. The fourth-order valence-electron chi connectivity index (χ4n) is 1.41. The zero-order chi connectivity index (χ0) is 12.6. The molecule has 17 heavy (non-hydrogen) atoms. The topological polar surface area (TPSA) is 0 Å². The highest BCUT2D eigenvalue weighted by Gasteiger charge is 2.20. The Balaban J connectivity index is 2.47. The van der Waals surface area contributed by atoms with E-state index < -0.39 is 0 Å². The lowest BCUT2D eigenvalue weighted by atomic mass is 10.1. The highest BCUT2D eigenvalue weighted by Crippen LogP contribution is 2.43. The van der Waals surface area contributed by atoms with Crippen molar-refractivity contribution in [3.63, 3.8) is 0 Å². The SMILES string of the molecule is Fc1c(Br)cccc1C(Br)c1cc(Br)sc1Br. The van der Waals surface area contributed by atoms with E-state index in [2.05, 4.69) is 63.7 Å². The maximum absolute atomic E-state index is 14.0. The number of halogens is 5. The van der Waals surface area contributed by atoms with Crippen LogP contribution in [0.1, 0.15) is 16.0 Å². The van der Waals surface area contributed by atoms with Gasteiger partial charge in [0.05, 0.1) is 16.9 Å². The molecule has 90 valence electrons. The Kier molecular flexibility index (Phi) is 4.86. The Morgan fingerprint density at radius 3 is 2.41 bits per heavy atom. The van der Waals surface area contributed by atoms with Crippen LogP contribution in [0, 0.1) is 5.82 Å². The predicted octanol–water partition coefficient (Wildman–Crippen LogP) is 6.66. The van der Waals surface area contributed by atoms with Crippen LogP contribution in [-0.2, 0) is 0 Å². The molecule has 0 saturated carbocycles. The van der Waals surface area contributed by atoms with E-state index in [1.165, 1.54) is 0 Å². The van der Waals surface area contributed by atoms with E-state index in [1.807, 2.05) is 12.1 Å². The van der Waals surface area contributed by atoms with E-state index in [9.17, 15) is 4.39 Å². The van der Waals surface area contributed by atoms with Crippen molar-refractivity contribution < 1.29 is 4.39 Å². The second kappa shape index (κ2) is 5.82. The van der Waals surface area contributed by atoms with Crippen LogP contribution in [0.5, 0.6) is 0 Å². The summed E-state index contributed by atoms with van der Waals surface area (Å²) in [6.07, 6.45) is 0. The van der Waals surface area contributed by atoms with Crippen LogP contribution in [0.2, 0.25) is 0 Å². The molecule has 1 unspecified atom stereocenters. The Morgan fingerprint density at radius 1 is 1.12 bits per heavy atom. The van der Waals surface area contributed by atoms with Crippen LogP contribution in [0.3, 0.4) is 0 Å². The molecule has 0 spiro atoms. The van der Waals surface area contributed by atoms with E-state index in [0.717, 1.165) is 13.1 Å². The number of alkyl halides is 1. The second-order valence-electron chi connectivity index (χ2n) is 3.29. The third-order valence-electron chi connectivity index (χ3n) is 2.21. The molecular weight excluding hydrogens is 503 g/mol. The monoisotopic (exact) mass is 504 g/mol. The van der Waals surface area contributed by atoms with Gasteiger partial charge >= 0.3 is 0 Å². The molecule has 1 aromatic heterocycles. The number of benzene rings is 1. The van der Waals surface area contributed by atoms with Gasteiger partial charge < -0.3 is 0 Å². The van der Waals surface area contributed by atoms with Gasteiger partial charge in [0.1, 0.15) is 5.82 Å². The number of thiophene rings is 1. The fraction of sp³-hybridized carbons (Fsp3) is 0.0909. The molecule has 2 rings (SSSR count). The van der Waals surface area contributed by atoms with Crippen molar-refractivity contribution in [3.05, 3.63) is 53.3 Å². The van der Waals surface area contributed by atoms with Gasteiger partial charge in [-0.15, -0.1) is 11.3 Å². The van der Waals surface area contributed by atoms with Crippen LogP contribution in [0.4, 0.5) is 4.39 Å². The fourth-order valence-corrected chi connectivity index (χ4v) is 5.87. The van der Waals surface area contributed by atoms with Crippen molar-refractivity contribution in [2.45, 2.75) is 4.83 Å². The predicted molar refractivity (Wildman–Crippen MR) is 84.6 cm³/mol. The Hall–Kier alpha value is 0.770. The van der Waals surface area contributed by atoms with Crippen molar-refractivity contribution in [2.24, 2.45) is 0 Å². The third kappa shape index (κ3) is 3.03. The van der Waals surface area contributed by atoms with Crippen LogP contribution < -0.4 is 0 Å². The summed E-state index contributed by atoms with van der Waals surface area (Å²) in [6.45, 7) is 0. The normalized spacial score (nSPS) is 12.8. The van der Waals surface area contributed by atoms with Crippen LogP contribution in [0.15, 0.2) is 36.3 Å². The van der Waals surface area contributed by atoms with Gasteiger partial charge in [0, 0.05) is 5.56 Å². The average molecular weight is 508 g/mol. The van der Waals surface area contributed by atoms with Gasteiger partial charge in [0.15, 0.2) is 0 Å². The summed E-state index contributed by atoms with van der Waals surface area (Å²) >= 11 is 15.2. The summed E-state index contributed by atoms with van der Waals surface area (Å²) in [7, 11) is 0. The zero-order valence-corrected chi connectivity index (χ0v) is 15.3. The van der Waals surface area contributed by atoms with Crippen molar-refractivity contribution in [1.82, 2.24) is 0 Å². The van der Waals surface area contributed by atoms with Gasteiger partial charge in [-0.05, 0) is 65.5 Å². The lowest BCUT2D eigenvalue weighted by Gasteiger charge is -2.11. The highest BCUT2D eigenvalue weighted by molar-refractivity contribution is 9.12. The van der Waals surface area contributed by atoms with Crippen LogP contribution in [-0.4, -0.2) is 0 Å². The Bertz CT molecular complexity index is 552. The minimum Gasteiger partial charge on any atom is -0.205 e. The molecule has 0 aliphatic rings. The molecule has 1 atom stereocenters. The van der Waals surface area contributed by atoms with Gasteiger partial charge in [-0.1, -0.05) is 28.1 Å². The molecule has 6 heteroatoms. The molecule has 0 saturated heterocycles. The molecule has 0 N–H and O–H groups in total. The van der Waals surface area contributed by atoms with E-state index >= 15 is 0 Å². The lowest BCUT2D eigenvalue weighted by Crippen LogP contribution is -1.96. The first-order chi connectivity index (χ1) is 8.00. The summed E-state index contributed by atoms with van der Waals surface area (Å²) in [4.78, 5) is -0.170. The molecule has 0 amide bonds. The Labute approximate surface area is 136 Å². The maximum atomic E-state index is 14.0. The molecule has 0 fully saturated rings. The third-order valence-corrected chi connectivity index (χ3v) is 6.20. The zero-order valence-electron chi connectivity index (χ0n) is 8.18. The quantitative estimate of drug-likeness (QED) is 0.399. The van der Waals surface area contributed by atoms with Crippen LogP contribution in [0.25, 0.3) is 0 Å². The van der Waals surface area contributed by atoms with Crippen molar-refractivity contribution >= 4 is 75.1 Å². The summed E-state index contributed by atoms with van der Waals surface area (Å²) in [5.74, 6) is -0.233. The molecule has 0 aliphatic heterocycles. The lowest BCUT2D eigenvalue weighted by molar-refractivity contribution is 0.607. The van der Waals surface area contributed by atoms with Gasteiger partial charge in [0.25, 0.3) is 0 Å². The van der Waals surface area contributed by atoms with Crippen molar-refractivity contribution in [1.29, 1.82) is 0 Å². The molecule has 0 nitrogen and oxygen atoms in total. The van der Waals surface area contributed by atoms with E-state index in [0.29, 0.717) is 10.0 Å². The molecule has 2 aromatic rings. The van der Waals surface area contributed by atoms with E-state index in [1.54, 1.807) is 23.5 Å². The van der Waals surface area contributed by atoms with Gasteiger partial charge in [-0.25, -0.2) is 4.39 Å². The average Bonchev–Trinajstić information content (AvgIpc) is 2.61. The maximum Gasteiger partial charge on any atom is 0.142 e. The summed E-state index contributed by atoms with van der Waals surface area (Å²) in [6, 6.07) is 7.27. The molecule has 1 heterocycles. The van der Waals surface area contributed by atoms with E-state index in [-0.39, 0.29) is 10.6 Å². The van der Waals surface area contributed by atoms with E-state index in [4.69, 9.17) is 0 Å². The smallest absolute Gasteiger partial charge is 0.142 e. The first kappa shape index (κ1) is 14.2. The number of hydrogen-bond donors (Lipinski definition) is 0. The summed E-state index contributed by atoms with van der Waals surface area (Å²) in [5.41, 5.74) is 1.63.